The summed E-state index contributed by atoms with van der Waals surface area (Å²) in [7, 11) is 0. The molecule has 2 aliphatic rings. The van der Waals surface area contributed by atoms with E-state index in [2.05, 4.69) is 28.4 Å². The number of hydrogen-bond acceptors (Lipinski definition) is 4. The molecule has 0 unspecified atom stereocenters. The zero-order chi connectivity index (χ0) is 22.2. The first kappa shape index (κ1) is 22.6. The van der Waals surface area contributed by atoms with Crippen molar-refractivity contribution in [3.8, 4) is 0 Å². The first-order valence-corrected chi connectivity index (χ1v) is 11.0. The molecule has 0 saturated heterocycles. The normalized spacial score (nSPS) is 14.6. The number of carbonyl (C=O) groups excluding carboxylic acids is 2. The summed E-state index contributed by atoms with van der Waals surface area (Å²) in [5.74, 6) is 0.0255. The highest BCUT2D eigenvalue weighted by Gasteiger charge is 2.27. The van der Waals surface area contributed by atoms with Gasteiger partial charge < -0.3 is 4.74 Å². The number of benzene rings is 2. The summed E-state index contributed by atoms with van der Waals surface area (Å²) in [6, 6.07) is 13.8. The quantitative estimate of drug-likeness (QED) is 0.712. The smallest absolute Gasteiger partial charge is 0.411 e. The van der Waals surface area contributed by atoms with E-state index in [1.54, 1.807) is 6.92 Å². The first-order chi connectivity index (χ1) is 15.2. The summed E-state index contributed by atoms with van der Waals surface area (Å²) in [6.45, 7) is 7.99. The molecular weight excluding hydrogens is 390 g/mol. The number of ether oxygens (including phenoxy) is 1. The molecule has 0 saturated carbocycles. The Morgan fingerprint density at radius 3 is 2.35 bits per heavy atom. The monoisotopic (exact) mass is 421 g/mol. The second kappa shape index (κ2) is 10.8. The van der Waals surface area contributed by atoms with Crippen LogP contribution in [0.2, 0.25) is 0 Å². The van der Waals surface area contributed by atoms with E-state index in [1.165, 1.54) is 0 Å². The lowest BCUT2D eigenvalue weighted by molar-refractivity contribution is -0.118. The fourth-order valence-electron chi connectivity index (χ4n) is 3.87. The Morgan fingerprint density at radius 2 is 1.65 bits per heavy atom. The van der Waals surface area contributed by atoms with Gasteiger partial charge in [0.05, 0.1) is 24.5 Å². The third-order valence-corrected chi connectivity index (χ3v) is 5.25. The van der Waals surface area contributed by atoms with E-state index in [0.29, 0.717) is 18.8 Å². The Morgan fingerprint density at radius 1 is 0.968 bits per heavy atom. The lowest BCUT2D eigenvalue weighted by Gasteiger charge is -2.27. The van der Waals surface area contributed by atoms with Gasteiger partial charge in [-0.1, -0.05) is 50.3 Å². The van der Waals surface area contributed by atoms with Crippen LogP contribution in [0.15, 0.2) is 54.6 Å². The van der Waals surface area contributed by atoms with Crippen molar-refractivity contribution < 1.29 is 14.3 Å². The molecule has 0 fully saturated rings. The van der Waals surface area contributed by atoms with Crippen LogP contribution >= 0.6 is 0 Å². The van der Waals surface area contributed by atoms with E-state index in [4.69, 9.17) is 4.74 Å². The van der Waals surface area contributed by atoms with Crippen LogP contribution in [0.25, 0.3) is 0 Å². The van der Waals surface area contributed by atoms with Crippen LogP contribution in [0, 0.1) is 0 Å². The summed E-state index contributed by atoms with van der Waals surface area (Å²) >= 11 is 0. The van der Waals surface area contributed by atoms with E-state index < -0.39 is 6.09 Å². The fraction of sp³-hybridized carbons (Fsp3) is 0.360. The molecule has 0 aliphatic carbocycles. The molecule has 2 amide bonds. The number of fused-ring (bicyclic) bond motifs is 2. The molecule has 0 atom stereocenters. The molecule has 2 aliphatic heterocycles. The second-order valence-corrected chi connectivity index (χ2v) is 7.21. The van der Waals surface area contributed by atoms with Crippen LogP contribution < -0.4 is 10.2 Å². The van der Waals surface area contributed by atoms with Crippen LogP contribution in [0.4, 0.5) is 21.9 Å². The highest BCUT2D eigenvalue weighted by atomic mass is 16.5. The van der Waals surface area contributed by atoms with Gasteiger partial charge >= 0.3 is 6.09 Å². The predicted octanol–water partition coefficient (Wildman–Crippen LogP) is 4.92. The highest BCUT2D eigenvalue weighted by molar-refractivity contribution is 6.04. The molecule has 2 heterocycles. The van der Waals surface area contributed by atoms with E-state index in [0.717, 1.165) is 48.4 Å². The predicted molar refractivity (Wildman–Crippen MR) is 125 cm³/mol. The van der Waals surface area contributed by atoms with E-state index in [-0.39, 0.29) is 5.91 Å². The summed E-state index contributed by atoms with van der Waals surface area (Å²) in [6.07, 6.45) is 5.37. The van der Waals surface area contributed by atoms with Gasteiger partial charge in [0.1, 0.15) is 0 Å². The minimum atomic E-state index is -0.498. The Bertz CT molecular complexity index is 947. The largest absolute Gasteiger partial charge is 0.450 e. The minimum absolute atomic E-state index is 0.0255. The first-order valence-electron chi connectivity index (χ1n) is 11.0. The minimum Gasteiger partial charge on any atom is -0.450 e. The molecule has 4 rings (SSSR count). The maximum Gasteiger partial charge on any atom is 0.411 e. The molecule has 0 radical (unpaired) electrons. The average Bonchev–Trinajstić information content (AvgIpc) is 3.22. The highest BCUT2D eigenvalue weighted by Crippen LogP contribution is 2.37. The number of rotatable bonds is 4. The van der Waals surface area contributed by atoms with Gasteiger partial charge in [0.15, 0.2) is 0 Å². The van der Waals surface area contributed by atoms with Gasteiger partial charge in [-0.2, -0.15) is 0 Å². The number of hydrogen-bond donors (Lipinski definition) is 1. The van der Waals surface area contributed by atoms with Crippen LogP contribution in [0.1, 0.15) is 31.9 Å². The fourth-order valence-corrected chi connectivity index (χ4v) is 3.87. The van der Waals surface area contributed by atoms with Gasteiger partial charge in [0.25, 0.3) is 0 Å². The Labute approximate surface area is 184 Å². The van der Waals surface area contributed by atoms with Crippen molar-refractivity contribution >= 4 is 29.1 Å². The van der Waals surface area contributed by atoms with Crippen molar-refractivity contribution in [1.82, 2.24) is 4.90 Å². The number of amides is 2. The molecule has 0 bridgehead atoms. The van der Waals surface area contributed by atoms with Crippen molar-refractivity contribution in [2.45, 2.75) is 33.6 Å². The zero-order valence-electron chi connectivity index (χ0n) is 18.6. The molecule has 2 aromatic rings. The van der Waals surface area contributed by atoms with Gasteiger partial charge in [0.2, 0.25) is 5.91 Å². The molecule has 31 heavy (non-hydrogen) atoms. The lowest BCUT2D eigenvalue weighted by Crippen LogP contribution is -2.37. The topological polar surface area (TPSA) is 61.9 Å². The second-order valence-electron chi connectivity index (χ2n) is 7.21. The van der Waals surface area contributed by atoms with Gasteiger partial charge in [-0.15, -0.1) is 0 Å². The molecule has 0 aromatic heterocycles. The number of aryl methyl sites for hydroxylation is 2. The van der Waals surface area contributed by atoms with Crippen LogP contribution in [0.3, 0.4) is 0 Å². The average molecular weight is 422 g/mol. The molecule has 6 heteroatoms. The summed E-state index contributed by atoms with van der Waals surface area (Å²) in [5, 5.41) is 2.75. The van der Waals surface area contributed by atoms with Gasteiger partial charge in [-0.3, -0.25) is 19.9 Å². The number of carbonyl (C=O) groups is 2. The maximum atomic E-state index is 13.4. The lowest BCUT2D eigenvalue weighted by atomic mass is 10.0. The third-order valence-electron chi connectivity index (χ3n) is 5.25. The molecule has 164 valence electrons. The van der Waals surface area contributed by atoms with Crippen molar-refractivity contribution in [1.29, 1.82) is 0 Å². The van der Waals surface area contributed by atoms with Crippen molar-refractivity contribution in [3.05, 3.63) is 65.7 Å². The standard InChI is InChI=1S/C23H25N3O3.C2H6/c1-2-29-23(28)24-19-12-11-18-10-9-17-7-3-4-8-20(17)26(21(18)15-19)22(27)16-25-13-5-6-14-25;1-2/h3-8,11-12,15H,2,9-10,13-14,16H2,1H3,(H,24,28);1-2H3. The number of anilines is 3. The van der Waals surface area contributed by atoms with E-state index in [1.807, 2.05) is 55.1 Å². The Balaban J connectivity index is 0.00000132. The van der Waals surface area contributed by atoms with Crippen molar-refractivity contribution in [2.24, 2.45) is 0 Å². The SMILES string of the molecule is CC.CCOC(=O)Nc1ccc2c(c1)N(C(=O)CN1CC=CC1)c1ccccc1CC2. The van der Waals surface area contributed by atoms with Crippen LogP contribution in [-0.2, 0) is 22.4 Å². The van der Waals surface area contributed by atoms with Gasteiger partial charge in [-0.25, -0.2) is 4.79 Å². The Kier molecular flexibility index (Phi) is 7.84. The summed E-state index contributed by atoms with van der Waals surface area (Å²) in [5.41, 5.74) is 4.58. The van der Waals surface area contributed by atoms with Crippen LogP contribution in [-0.4, -0.2) is 43.1 Å². The van der Waals surface area contributed by atoms with Crippen LogP contribution in [0.5, 0.6) is 0 Å². The third kappa shape index (κ3) is 5.33. The Hall–Kier alpha value is -3.12. The van der Waals surface area contributed by atoms with Crippen molar-refractivity contribution in [3.63, 3.8) is 0 Å². The number of nitrogens with one attached hydrogen (secondary N) is 1. The van der Waals surface area contributed by atoms with E-state index in [9.17, 15) is 9.59 Å². The van der Waals surface area contributed by atoms with Gasteiger partial charge in [-0.05, 0) is 49.1 Å². The molecule has 0 spiro atoms. The number of nitrogens with zero attached hydrogens (tertiary/aromatic N) is 2. The number of para-hydroxylation sites is 1. The molecule has 1 N–H and O–H groups in total. The zero-order valence-corrected chi connectivity index (χ0v) is 18.6. The molecule has 2 aromatic carbocycles. The van der Waals surface area contributed by atoms with Gasteiger partial charge in [0, 0.05) is 18.8 Å². The molecule has 6 nitrogen and oxygen atoms in total. The van der Waals surface area contributed by atoms with Crippen molar-refractivity contribution in [2.75, 3.05) is 36.5 Å². The summed E-state index contributed by atoms with van der Waals surface area (Å²) in [4.78, 5) is 29.2. The van der Waals surface area contributed by atoms with E-state index >= 15 is 0 Å². The summed E-state index contributed by atoms with van der Waals surface area (Å²) < 4.78 is 4.99. The maximum absolute atomic E-state index is 13.4. The molecular formula is C25H31N3O3.